The minimum absolute atomic E-state index is 0.0250. The number of rotatable bonds is 4. The largest absolute Gasteiger partial charge is 0.414 e. The molecular formula is C15H30O4SSi. The van der Waals surface area contributed by atoms with Crippen molar-refractivity contribution in [3.05, 3.63) is 0 Å². The topological polar surface area (TPSA) is 47.9 Å². The molecule has 0 aliphatic carbocycles. The first-order valence-corrected chi connectivity index (χ1v) is 11.7. The number of hydrogen-bond donors (Lipinski definition) is 1. The van der Waals surface area contributed by atoms with Gasteiger partial charge in [0.1, 0.15) is 6.10 Å². The van der Waals surface area contributed by atoms with Crippen LogP contribution in [0, 0.1) is 0 Å². The van der Waals surface area contributed by atoms with Gasteiger partial charge < -0.3 is 19.0 Å². The summed E-state index contributed by atoms with van der Waals surface area (Å²) in [6, 6.07) is 0. The highest BCUT2D eigenvalue weighted by atomic mass is 32.2. The predicted octanol–water partition coefficient (Wildman–Crippen LogP) is 3.00. The number of ether oxygens (including phenoxy) is 2. The Bertz CT molecular complexity index is 380. The molecule has 6 heteroatoms. The van der Waals surface area contributed by atoms with Crippen LogP contribution in [0.25, 0.3) is 0 Å². The number of aliphatic hydroxyl groups is 1. The molecule has 0 bridgehead atoms. The van der Waals surface area contributed by atoms with Gasteiger partial charge in [0.05, 0.1) is 24.1 Å². The zero-order chi connectivity index (χ0) is 16.1. The highest BCUT2D eigenvalue weighted by Crippen LogP contribution is 2.43. The van der Waals surface area contributed by atoms with E-state index in [9.17, 15) is 5.11 Å². The fourth-order valence-electron chi connectivity index (χ4n) is 2.51. The minimum atomic E-state index is -1.82. The molecule has 2 rings (SSSR count). The van der Waals surface area contributed by atoms with Crippen molar-refractivity contribution in [2.75, 3.05) is 12.4 Å². The van der Waals surface area contributed by atoms with Crippen LogP contribution in [0.15, 0.2) is 0 Å². The second-order valence-electron chi connectivity index (χ2n) is 8.08. The average molecular weight is 335 g/mol. The summed E-state index contributed by atoms with van der Waals surface area (Å²) in [6.07, 6.45) is -0.433. The molecule has 2 saturated heterocycles. The zero-order valence-corrected chi connectivity index (χ0v) is 16.1. The lowest BCUT2D eigenvalue weighted by molar-refractivity contribution is -0.147. The van der Waals surface area contributed by atoms with E-state index in [0.717, 1.165) is 5.75 Å². The lowest BCUT2D eigenvalue weighted by Gasteiger charge is -2.37. The quantitative estimate of drug-likeness (QED) is 0.801. The van der Waals surface area contributed by atoms with E-state index in [1.54, 1.807) is 11.8 Å². The van der Waals surface area contributed by atoms with E-state index >= 15 is 0 Å². The molecule has 0 radical (unpaired) electrons. The number of thioether (sulfide) groups is 1. The monoisotopic (exact) mass is 334 g/mol. The van der Waals surface area contributed by atoms with Gasteiger partial charge in [-0.05, 0) is 32.0 Å². The van der Waals surface area contributed by atoms with Crippen LogP contribution >= 0.6 is 11.8 Å². The molecule has 0 aromatic carbocycles. The fourth-order valence-corrected chi connectivity index (χ4v) is 4.92. The van der Waals surface area contributed by atoms with E-state index in [1.807, 2.05) is 13.8 Å². The molecule has 124 valence electrons. The zero-order valence-electron chi connectivity index (χ0n) is 14.3. The van der Waals surface area contributed by atoms with Crippen molar-refractivity contribution in [2.45, 2.75) is 82.1 Å². The molecule has 2 aliphatic rings. The molecule has 21 heavy (non-hydrogen) atoms. The van der Waals surface area contributed by atoms with Crippen molar-refractivity contribution >= 4 is 20.1 Å². The summed E-state index contributed by atoms with van der Waals surface area (Å²) < 4.78 is 18.0. The van der Waals surface area contributed by atoms with E-state index in [4.69, 9.17) is 13.9 Å². The van der Waals surface area contributed by atoms with Crippen molar-refractivity contribution in [1.29, 1.82) is 0 Å². The first kappa shape index (κ1) is 17.8. The lowest BCUT2D eigenvalue weighted by atomic mass is 10.1. The van der Waals surface area contributed by atoms with Gasteiger partial charge in [-0.3, -0.25) is 0 Å². The maximum Gasteiger partial charge on any atom is 0.192 e. The molecule has 1 N–H and O–H groups in total. The van der Waals surface area contributed by atoms with Crippen LogP contribution in [0.2, 0.25) is 18.1 Å². The normalized spacial score (nSPS) is 34.0. The third-order valence-electron chi connectivity index (χ3n) is 4.80. The number of fused-ring (bicyclic) bond motifs is 1. The fraction of sp³-hybridized carbons (Fsp3) is 1.00. The second kappa shape index (κ2) is 5.80. The molecule has 0 aromatic heterocycles. The minimum Gasteiger partial charge on any atom is -0.414 e. The summed E-state index contributed by atoms with van der Waals surface area (Å²) in [5.74, 6) is 0.352. The van der Waals surface area contributed by atoms with E-state index < -0.39 is 20.2 Å². The maximum atomic E-state index is 10.5. The van der Waals surface area contributed by atoms with E-state index in [0.29, 0.717) is 6.61 Å². The Kier molecular flexibility index (Phi) is 4.90. The first-order chi connectivity index (χ1) is 9.43. The third-order valence-corrected chi connectivity index (χ3v) is 10.8. The van der Waals surface area contributed by atoms with Crippen molar-refractivity contribution in [3.8, 4) is 0 Å². The Morgan fingerprint density at radius 2 is 1.95 bits per heavy atom. The summed E-state index contributed by atoms with van der Waals surface area (Å²) in [5, 5.41) is 10.7. The molecule has 4 atom stereocenters. The van der Waals surface area contributed by atoms with Gasteiger partial charge in [0.25, 0.3) is 0 Å². The Morgan fingerprint density at radius 1 is 1.33 bits per heavy atom. The van der Waals surface area contributed by atoms with Crippen LogP contribution in [-0.4, -0.2) is 55.1 Å². The molecule has 2 aliphatic heterocycles. The highest BCUT2D eigenvalue weighted by Gasteiger charge is 2.52. The van der Waals surface area contributed by atoms with Gasteiger partial charge in [0.15, 0.2) is 14.1 Å². The first-order valence-electron chi connectivity index (χ1n) is 7.72. The molecule has 2 fully saturated rings. The molecule has 2 unspecified atom stereocenters. The maximum absolute atomic E-state index is 10.5. The van der Waals surface area contributed by atoms with Crippen molar-refractivity contribution in [2.24, 2.45) is 0 Å². The van der Waals surface area contributed by atoms with Crippen LogP contribution in [0.1, 0.15) is 34.6 Å². The van der Waals surface area contributed by atoms with Gasteiger partial charge in [-0.2, -0.15) is 11.8 Å². The van der Waals surface area contributed by atoms with E-state index in [1.165, 1.54) is 0 Å². The van der Waals surface area contributed by atoms with Gasteiger partial charge >= 0.3 is 0 Å². The Morgan fingerprint density at radius 3 is 2.52 bits per heavy atom. The van der Waals surface area contributed by atoms with Crippen molar-refractivity contribution < 1.29 is 19.0 Å². The number of aliphatic hydroxyl groups excluding tert-OH is 1. The molecule has 4 nitrogen and oxygen atoms in total. The van der Waals surface area contributed by atoms with Gasteiger partial charge in [-0.15, -0.1) is 0 Å². The van der Waals surface area contributed by atoms with Crippen molar-refractivity contribution in [1.82, 2.24) is 0 Å². The molecular weight excluding hydrogens is 304 g/mol. The molecule has 0 aromatic rings. The van der Waals surface area contributed by atoms with Gasteiger partial charge in [0, 0.05) is 5.75 Å². The lowest BCUT2D eigenvalue weighted by Crippen LogP contribution is -2.45. The Balaban J connectivity index is 1.91. The summed E-state index contributed by atoms with van der Waals surface area (Å²) in [5.41, 5.74) is 0. The van der Waals surface area contributed by atoms with Crippen LogP contribution < -0.4 is 0 Å². The molecule has 2 heterocycles. The van der Waals surface area contributed by atoms with Crippen LogP contribution in [0.3, 0.4) is 0 Å². The number of hydrogen-bond acceptors (Lipinski definition) is 5. The average Bonchev–Trinajstić information content (AvgIpc) is 2.79. The molecule has 0 amide bonds. The Labute approximate surface area is 134 Å². The van der Waals surface area contributed by atoms with Gasteiger partial charge in [0.2, 0.25) is 0 Å². The summed E-state index contributed by atoms with van der Waals surface area (Å²) in [7, 11) is -1.82. The SMILES string of the molecule is CC1(C)OC2CS[C@@H](C(O)CO[Si](C)(C)C(C)(C)C)[C@H]2O1. The van der Waals surface area contributed by atoms with Crippen LogP contribution in [0.5, 0.6) is 0 Å². The summed E-state index contributed by atoms with van der Waals surface area (Å²) in [4.78, 5) is 0. The van der Waals surface area contributed by atoms with Gasteiger partial charge in [-0.1, -0.05) is 20.8 Å². The summed E-state index contributed by atoms with van der Waals surface area (Å²) >= 11 is 1.74. The predicted molar refractivity (Wildman–Crippen MR) is 89.2 cm³/mol. The van der Waals surface area contributed by atoms with Crippen molar-refractivity contribution in [3.63, 3.8) is 0 Å². The van der Waals surface area contributed by atoms with Crippen LogP contribution in [0.4, 0.5) is 0 Å². The smallest absolute Gasteiger partial charge is 0.192 e. The standard InChI is InChI=1S/C15H30O4SSi/c1-14(2,3)21(6,7)17-8-10(16)13-12-11(9-20-13)18-15(4,5)19-12/h10-13,16H,8-9H2,1-7H3/t10?,11?,12-,13-/m0/s1. The van der Waals surface area contributed by atoms with Gasteiger partial charge in [-0.25, -0.2) is 0 Å². The third kappa shape index (κ3) is 3.84. The highest BCUT2D eigenvalue weighted by molar-refractivity contribution is 8.00. The molecule has 0 spiro atoms. The van der Waals surface area contributed by atoms with E-state index in [2.05, 4.69) is 33.9 Å². The summed E-state index contributed by atoms with van der Waals surface area (Å²) in [6.45, 7) is 15.3. The second-order valence-corrected chi connectivity index (χ2v) is 14.1. The van der Waals surface area contributed by atoms with Crippen LogP contribution in [-0.2, 0) is 13.9 Å². The Hall–Kier alpha value is 0.407. The van der Waals surface area contributed by atoms with E-state index in [-0.39, 0.29) is 22.5 Å². The molecule has 0 saturated carbocycles.